The molecule has 7 nitrogen and oxygen atoms in total. The Morgan fingerprint density at radius 2 is 2.00 bits per heavy atom. The summed E-state index contributed by atoms with van der Waals surface area (Å²) >= 11 is 0. The molecule has 1 aromatic carbocycles. The second kappa shape index (κ2) is 6.81. The number of hydrogen-bond acceptors (Lipinski definition) is 4. The van der Waals surface area contributed by atoms with E-state index in [-0.39, 0.29) is 29.4 Å². The van der Waals surface area contributed by atoms with Crippen LogP contribution < -0.4 is 5.73 Å². The number of primary amides is 1. The maximum atomic E-state index is 13.0. The molecule has 1 heterocycles. The second-order valence-corrected chi connectivity index (χ2v) is 8.44. The standard InChI is InChI=1S/C14H19N3O4S2/c1-3-17(8-9-22(2)19)23(20,21)13-10-6-4-5-7-11(10)16-12(13)14(15)18/h4-7,16H,3,8-9H2,1-2H3,(H2,15,18). The maximum absolute atomic E-state index is 13.0. The Kier molecular flexibility index (Phi) is 5.23. The summed E-state index contributed by atoms with van der Waals surface area (Å²) in [6, 6.07) is 6.73. The van der Waals surface area contributed by atoms with Gasteiger partial charge in [0.2, 0.25) is 10.0 Å². The number of carbonyl (C=O) groups is 1. The van der Waals surface area contributed by atoms with Crippen molar-refractivity contribution in [3.05, 3.63) is 30.0 Å². The zero-order chi connectivity index (χ0) is 17.2. The first kappa shape index (κ1) is 17.6. The van der Waals surface area contributed by atoms with E-state index in [4.69, 9.17) is 5.73 Å². The number of aromatic nitrogens is 1. The summed E-state index contributed by atoms with van der Waals surface area (Å²) in [7, 11) is -5.06. The van der Waals surface area contributed by atoms with Crippen molar-refractivity contribution in [2.24, 2.45) is 5.73 Å². The van der Waals surface area contributed by atoms with Gasteiger partial charge in [0.05, 0.1) is 0 Å². The molecule has 3 N–H and O–H groups in total. The van der Waals surface area contributed by atoms with Gasteiger partial charge >= 0.3 is 0 Å². The molecule has 2 rings (SSSR count). The number of nitrogens with one attached hydrogen (secondary N) is 1. The van der Waals surface area contributed by atoms with E-state index < -0.39 is 26.7 Å². The van der Waals surface area contributed by atoms with E-state index in [0.29, 0.717) is 10.9 Å². The summed E-state index contributed by atoms with van der Waals surface area (Å²) in [5, 5.41) is 0.414. The van der Waals surface area contributed by atoms with Crippen molar-refractivity contribution in [1.29, 1.82) is 0 Å². The number of nitrogens with zero attached hydrogens (tertiary/aromatic N) is 1. The number of amides is 1. The van der Waals surface area contributed by atoms with Gasteiger partial charge in [-0.3, -0.25) is 9.00 Å². The van der Waals surface area contributed by atoms with E-state index in [2.05, 4.69) is 4.98 Å². The highest BCUT2D eigenvalue weighted by molar-refractivity contribution is 7.89. The van der Waals surface area contributed by atoms with Gasteiger partial charge in [0.1, 0.15) is 10.6 Å². The fourth-order valence-electron chi connectivity index (χ4n) is 2.37. The molecule has 0 saturated carbocycles. The monoisotopic (exact) mass is 357 g/mol. The van der Waals surface area contributed by atoms with Gasteiger partial charge in [-0.05, 0) is 6.07 Å². The number of sulfonamides is 1. The van der Waals surface area contributed by atoms with Crippen molar-refractivity contribution in [1.82, 2.24) is 9.29 Å². The average molecular weight is 357 g/mol. The summed E-state index contributed by atoms with van der Waals surface area (Å²) < 4.78 is 38.4. The van der Waals surface area contributed by atoms with Crippen LogP contribution >= 0.6 is 0 Å². The Balaban J connectivity index is 2.62. The lowest BCUT2D eigenvalue weighted by atomic mass is 10.2. The molecule has 0 aliphatic heterocycles. The van der Waals surface area contributed by atoms with Crippen LogP contribution in [0.5, 0.6) is 0 Å². The van der Waals surface area contributed by atoms with Crippen molar-refractivity contribution in [3.63, 3.8) is 0 Å². The predicted octanol–water partition coefficient (Wildman–Crippen LogP) is 0.656. The zero-order valence-corrected chi connectivity index (χ0v) is 14.5. The summed E-state index contributed by atoms with van der Waals surface area (Å²) in [6.07, 6.45) is 1.51. The molecular formula is C14H19N3O4S2. The van der Waals surface area contributed by atoms with Crippen LogP contribution in [0.15, 0.2) is 29.2 Å². The van der Waals surface area contributed by atoms with E-state index >= 15 is 0 Å². The van der Waals surface area contributed by atoms with Gasteiger partial charge in [-0.2, -0.15) is 4.31 Å². The minimum Gasteiger partial charge on any atom is -0.364 e. The third-order valence-electron chi connectivity index (χ3n) is 3.48. The second-order valence-electron chi connectivity index (χ2n) is 5.01. The van der Waals surface area contributed by atoms with Crippen molar-refractivity contribution in [2.75, 3.05) is 25.1 Å². The molecular weight excluding hydrogens is 338 g/mol. The summed E-state index contributed by atoms with van der Waals surface area (Å²) in [6.45, 7) is 2.01. The molecule has 0 saturated heterocycles. The molecule has 1 amide bonds. The van der Waals surface area contributed by atoms with E-state index in [9.17, 15) is 17.4 Å². The van der Waals surface area contributed by atoms with Crippen LogP contribution in [-0.2, 0) is 20.8 Å². The van der Waals surface area contributed by atoms with Crippen molar-refractivity contribution in [3.8, 4) is 0 Å². The van der Waals surface area contributed by atoms with Crippen LogP contribution in [-0.4, -0.2) is 52.9 Å². The van der Waals surface area contributed by atoms with Gasteiger partial charge in [-0.15, -0.1) is 0 Å². The molecule has 23 heavy (non-hydrogen) atoms. The number of fused-ring (bicyclic) bond motifs is 1. The Labute approximate surface area is 137 Å². The van der Waals surface area contributed by atoms with Crippen LogP contribution in [0.1, 0.15) is 17.4 Å². The number of H-pyrrole nitrogens is 1. The lowest BCUT2D eigenvalue weighted by Gasteiger charge is -2.20. The Morgan fingerprint density at radius 1 is 1.35 bits per heavy atom. The number of benzene rings is 1. The predicted molar refractivity (Wildman–Crippen MR) is 90.2 cm³/mol. The third-order valence-corrected chi connectivity index (χ3v) is 6.30. The number of aromatic amines is 1. The summed E-state index contributed by atoms with van der Waals surface area (Å²) in [4.78, 5) is 14.3. The van der Waals surface area contributed by atoms with Gasteiger partial charge in [0.15, 0.2) is 0 Å². The largest absolute Gasteiger partial charge is 0.364 e. The van der Waals surface area contributed by atoms with E-state index in [1.807, 2.05) is 0 Å². The zero-order valence-electron chi connectivity index (χ0n) is 12.9. The number of carbonyl (C=O) groups excluding carboxylic acids is 1. The molecule has 1 atom stereocenters. The topological polar surface area (TPSA) is 113 Å². The molecule has 126 valence electrons. The fourth-order valence-corrected chi connectivity index (χ4v) is 4.75. The van der Waals surface area contributed by atoms with Crippen LogP contribution in [0.2, 0.25) is 0 Å². The first-order valence-corrected chi connectivity index (χ1v) is 10.2. The smallest absolute Gasteiger partial charge is 0.266 e. The molecule has 0 radical (unpaired) electrons. The van der Waals surface area contributed by atoms with Crippen LogP contribution in [0.3, 0.4) is 0 Å². The molecule has 1 unspecified atom stereocenters. The highest BCUT2D eigenvalue weighted by atomic mass is 32.2. The molecule has 1 aromatic heterocycles. The first-order chi connectivity index (χ1) is 10.8. The van der Waals surface area contributed by atoms with Gasteiger partial charge in [0, 0.05) is 46.8 Å². The van der Waals surface area contributed by atoms with Crippen LogP contribution in [0, 0.1) is 0 Å². The van der Waals surface area contributed by atoms with Crippen molar-refractivity contribution < 1.29 is 17.4 Å². The normalized spacial score (nSPS) is 13.5. The van der Waals surface area contributed by atoms with Crippen LogP contribution in [0.25, 0.3) is 10.9 Å². The Bertz CT molecular complexity index is 858. The van der Waals surface area contributed by atoms with E-state index in [0.717, 1.165) is 0 Å². The first-order valence-electron chi connectivity index (χ1n) is 6.99. The maximum Gasteiger partial charge on any atom is 0.266 e. The number of para-hydroxylation sites is 1. The molecule has 0 fully saturated rings. The average Bonchev–Trinajstić information content (AvgIpc) is 2.87. The van der Waals surface area contributed by atoms with Gasteiger partial charge in [0.25, 0.3) is 5.91 Å². The minimum absolute atomic E-state index is 0.111. The summed E-state index contributed by atoms with van der Waals surface area (Å²) in [5.74, 6) is -0.615. The number of nitrogens with two attached hydrogens (primary N) is 1. The minimum atomic E-state index is -3.94. The summed E-state index contributed by atoms with van der Waals surface area (Å²) in [5.41, 5.74) is 5.72. The number of hydrogen-bond donors (Lipinski definition) is 2. The molecule has 0 aliphatic carbocycles. The third kappa shape index (κ3) is 3.46. The molecule has 0 bridgehead atoms. The lowest BCUT2D eigenvalue weighted by Crippen LogP contribution is -2.35. The van der Waals surface area contributed by atoms with E-state index in [1.54, 1.807) is 31.2 Å². The molecule has 0 spiro atoms. The van der Waals surface area contributed by atoms with Crippen LogP contribution in [0.4, 0.5) is 0 Å². The van der Waals surface area contributed by atoms with E-state index in [1.165, 1.54) is 10.6 Å². The molecule has 9 heteroatoms. The SMILES string of the molecule is CCN(CCS(C)=O)S(=O)(=O)c1c(C(N)=O)[nH]c2ccccc12. The molecule has 2 aromatic rings. The van der Waals surface area contributed by atoms with Crippen molar-refractivity contribution in [2.45, 2.75) is 11.8 Å². The quantitative estimate of drug-likeness (QED) is 0.757. The molecule has 0 aliphatic rings. The number of rotatable bonds is 7. The van der Waals surface area contributed by atoms with Gasteiger partial charge in [-0.1, -0.05) is 25.1 Å². The fraction of sp³-hybridized carbons (Fsp3) is 0.357. The van der Waals surface area contributed by atoms with Gasteiger partial charge in [-0.25, -0.2) is 8.42 Å². The van der Waals surface area contributed by atoms with Crippen molar-refractivity contribution >= 4 is 37.6 Å². The highest BCUT2D eigenvalue weighted by Gasteiger charge is 2.31. The van der Waals surface area contributed by atoms with Gasteiger partial charge < -0.3 is 10.7 Å². The highest BCUT2D eigenvalue weighted by Crippen LogP contribution is 2.29. The Hall–Kier alpha value is -1.71. The lowest BCUT2D eigenvalue weighted by molar-refractivity contribution is 0.0993. The Morgan fingerprint density at radius 3 is 2.57 bits per heavy atom.